The molecule has 6 nitrogen and oxygen atoms in total. The lowest BCUT2D eigenvalue weighted by atomic mass is 9.96. The average molecular weight is 300 g/mol. The molecule has 0 bridgehead atoms. The van der Waals surface area contributed by atoms with E-state index < -0.39 is 0 Å². The summed E-state index contributed by atoms with van der Waals surface area (Å²) in [5.74, 6) is 0.707. The molecule has 3 rings (SSSR count). The molecule has 1 fully saturated rings. The van der Waals surface area contributed by atoms with Crippen LogP contribution in [0.1, 0.15) is 19.3 Å². The fourth-order valence-corrected chi connectivity index (χ4v) is 3.04. The van der Waals surface area contributed by atoms with Crippen LogP contribution in [0.25, 0.3) is 10.9 Å². The van der Waals surface area contributed by atoms with Crippen LogP contribution in [0.4, 0.5) is 11.4 Å². The second-order valence-electron chi connectivity index (χ2n) is 5.72. The van der Waals surface area contributed by atoms with Gasteiger partial charge < -0.3 is 10.6 Å². The maximum absolute atomic E-state index is 11.1. The second kappa shape index (κ2) is 6.70. The Bertz CT molecular complexity index is 668. The van der Waals surface area contributed by atoms with Crippen LogP contribution in [0.3, 0.4) is 0 Å². The number of hydrogen-bond acceptors (Lipinski definition) is 5. The highest BCUT2D eigenvalue weighted by Gasteiger charge is 2.16. The third-order valence-electron chi connectivity index (χ3n) is 4.21. The van der Waals surface area contributed by atoms with Crippen molar-refractivity contribution in [1.82, 2.24) is 10.3 Å². The van der Waals surface area contributed by atoms with Crippen molar-refractivity contribution in [2.45, 2.75) is 19.3 Å². The Balaban J connectivity index is 1.73. The quantitative estimate of drug-likeness (QED) is 0.655. The van der Waals surface area contributed by atoms with Crippen molar-refractivity contribution in [1.29, 1.82) is 0 Å². The predicted molar refractivity (Wildman–Crippen MR) is 87.1 cm³/mol. The van der Waals surface area contributed by atoms with E-state index in [0.29, 0.717) is 16.8 Å². The van der Waals surface area contributed by atoms with Gasteiger partial charge in [-0.15, -0.1) is 0 Å². The van der Waals surface area contributed by atoms with Gasteiger partial charge in [-0.1, -0.05) is 0 Å². The van der Waals surface area contributed by atoms with E-state index in [1.165, 1.54) is 12.8 Å². The van der Waals surface area contributed by atoms with E-state index in [9.17, 15) is 10.1 Å². The molecule has 116 valence electrons. The largest absolute Gasteiger partial charge is 0.383 e. The number of non-ortho nitro benzene ring substituents is 1. The minimum absolute atomic E-state index is 0.102. The number of nitrogens with one attached hydrogen (secondary N) is 2. The zero-order valence-electron chi connectivity index (χ0n) is 12.4. The predicted octanol–water partition coefficient (Wildman–Crippen LogP) is 2.94. The number of nitrogens with zero attached hydrogens (tertiary/aromatic N) is 2. The number of nitro benzene ring substituents is 1. The van der Waals surface area contributed by atoms with Crippen molar-refractivity contribution in [2.75, 3.05) is 25.0 Å². The summed E-state index contributed by atoms with van der Waals surface area (Å²) in [5, 5.41) is 18.5. The SMILES string of the molecule is O=[N+]([O-])c1ccc(NCCC2CCCNC2)c2ncccc12. The molecule has 1 aromatic heterocycles. The molecule has 2 N–H and O–H groups in total. The first-order valence-electron chi connectivity index (χ1n) is 7.72. The monoisotopic (exact) mass is 300 g/mol. The van der Waals surface area contributed by atoms with Crippen molar-refractivity contribution < 1.29 is 4.92 Å². The number of pyridine rings is 1. The van der Waals surface area contributed by atoms with Gasteiger partial charge in [0.2, 0.25) is 0 Å². The van der Waals surface area contributed by atoms with Gasteiger partial charge in [0.05, 0.1) is 16.0 Å². The van der Waals surface area contributed by atoms with Gasteiger partial charge in [0.25, 0.3) is 5.69 Å². The van der Waals surface area contributed by atoms with Gasteiger partial charge in [0.15, 0.2) is 0 Å². The number of nitro groups is 1. The van der Waals surface area contributed by atoms with Crippen LogP contribution >= 0.6 is 0 Å². The molecule has 1 atom stereocenters. The number of anilines is 1. The van der Waals surface area contributed by atoms with Gasteiger partial charge in [-0.3, -0.25) is 15.1 Å². The molecular weight excluding hydrogens is 280 g/mol. The molecule has 1 unspecified atom stereocenters. The first-order chi connectivity index (χ1) is 10.8. The smallest absolute Gasteiger partial charge is 0.278 e. The minimum Gasteiger partial charge on any atom is -0.383 e. The maximum Gasteiger partial charge on any atom is 0.278 e. The Kier molecular flexibility index (Phi) is 4.48. The van der Waals surface area contributed by atoms with Crippen LogP contribution in [0.15, 0.2) is 30.5 Å². The Morgan fingerprint density at radius 3 is 3.09 bits per heavy atom. The van der Waals surface area contributed by atoms with Crippen molar-refractivity contribution in [2.24, 2.45) is 5.92 Å². The minimum atomic E-state index is -0.360. The van der Waals surface area contributed by atoms with Crippen molar-refractivity contribution >= 4 is 22.3 Å². The number of rotatable bonds is 5. The Labute approximate surface area is 129 Å². The number of benzene rings is 1. The molecule has 6 heteroatoms. The van der Waals surface area contributed by atoms with Gasteiger partial charge in [0, 0.05) is 18.8 Å². The van der Waals surface area contributed by atoms with Gasteiger partial charge in [-0.25, -0.2) is 0 Å². The molecule has 0 aliphatic carbocycles. The highest BCUT2D eigenvalue weighted by Crippen LogP contribution is 2.29. The van der Waals surface area contributed by atoms with Crippen LogP contribution in [0.5, 0.6) is 0 Å². The number of fused-ring (bicyclic) bond motifs is 1. The van der Waals surface area contributed by atoms with E-state index in [1.54, 1.807) is 30.5 Å². The zero-order chi connectivity index (χ0) is 15.4. The maximum atomic E-state index is 11.1. The van der Waals surface area contributed by atoms with Crippen molar-refractivity contribution in [3.63, 3.8) is 0 Å². The van der Waals surface area contributed by atoms with Crippen LogP contribution in [0, 0.1) is 16.0 Å². The van der Waals surface area contributed by atoms with Crippen molar-refractivity contribution in [3.05, 3.63) is 40.6 Å². The molecule has 2 aromatic rings. The Morgan fingerprint density at radius 1 is 1.41 bits per heavy atom. The van der Waals surface area contributed by atoms with Crippen LogP contribution in [-0.2, 0) is 0 Å². The Hall–Kier alpha value is -2.21. The van der Waals surface area contributed by atoms with Gasteiger partial charge in [-0.2, -0.15) is 0 Å². The van der Waals surface area contributed by atoms with Gasteiger partial charge >= 0.3 is 0 Å². The summed E-state index contributed by atoms with van der Waals surface area (Å²) < 4.78 is 0. The molecule has 1 aliphatic heterocycles. The fraction of sp³-hybridized carbons (Fsp3) is 0.438. The van der Waals surface area contributed by atoms with E-state index in [1.807, 2.05) is 0 Å². The van der Waals surface area contributed by atoms with Gasteiger partial charge in [-0.05, 0) is 56.5 Å². The molecule has 0 radical (unpaired) electrons. The zero-order valence-corrected chi connectivity index (χ0v) is 12.4. The van der Waals surface area contributed by atoms with Crippen LogP contribution in [0.2, 0.25) is 0 Å². The molecule has 2 heterocycles. The van der Waals surface area contributed by atoms with Gasteiger partial charge in [0.1, 0.15) is 5.52 Å². The van der Waals surface area contributed by atoms with E-state index in [2.05, 4.69) is 15.6 Å². The first kappa shape index (κ1) is 14.7. The van der Waals surface area contributed by atoms with E-state index in [-0.39, 0.29) is 10.6 Å². The molecule has 1 aromatic carbocycles. The number of aromatic nitrogens is 1. The summed E-state index contributed by atoms with van der Waals surface area (Å²) in [5.41, 5.74) is 1.63. The summed E-state index contributed by atoms with van der Waals surface area (Å²) in [6.07, 6.45) is 5.28. The molecule has 0 saturated carbocycles. The molecule has 0 spiro atoms. The highest BCUT2D eigenvalue weighted by atomic mass is 16.6. The van der Waals surface area contributed by atoms with E-state index in [0.717, 1.165) is 31.7 Å². The summed E-state index contributed by atoms with van der Waals surface area (Å²) in [6, 6.07) is 6.78. The molecule has 1 aliphatic rings. The molecule has 22 heavy (non-hydrogen) atoms. The summed E-state index contributed by atoms with van der Waals surface area (Å²) in [4.78, 5) is 15.0. The molecule has 1 saturated heterocycles. The molecular formula is C16H20N4O2. The van der Waals surface area contributed by atoms with Crippen molar-refractivity contribution in [3.8, 4) is 0 Å². The molecule has 0 amide bonds. The fourth-order valence-electron chi connectivity index (χ4n) is 3.04. The summed E-state index contributed by atoms with van der Waals surface area (Å²) >= 11 is 0. The first-order valence-corrected chi connectivity index (χ1v) is 7.72. The lowest BCUT2D eigenvalue weighted by molar-refractivity contribution is -0.383. The number of piperidine rings is 1. The Morgan fingerprint density at radius 2 is 2.32 bits per heavy atom. The van der Waals surface area contributed by atoms with E-state index >= 15 is 0 Å². The van der Waals surface area contributed by atoms with Crippen LogP contribution < -0.4 is 10.6 Å². The highest BCUT2D eigenvalue weighted by molar-refractivity contribution is 5.96. The standard InChI is InChI=1S/C16H20N4O2/c21-20(22)15-6-5-14(16-13(15)4-2-9-19-16)18-10-7-12-3-1-8-17-11-12/h2,4-6,9,12,17-18H,1,3,7-8,10-11H2. The number of hydrogen-bond donors (Lipinski definition) is 2. The third kappa shape index (κ3) is 3.17. The lowest BCUT2D eigenvalue weighted by Crippen LogP contribution is -2.30. The normalized spacial score (nSPS) is 18.3. The average Bonchev–Trinajstić information content (AvgIpc) is 2.55. The lowest BCUT2D eigenvalue weighted by Gasteiger charge is -2.22. The summed E-state index contributed by atoms with van der Waals surface area (Å²) in [6.45, 7) is 3.07. The second-order valence-corrected chi connectivity index (χ2v) is 5.72. The summed E-state index contributed by atoms with van der Waals surface area (Å²) in [7, 11) is 0. The van der Waals surface area contributed by atoms with E-state index in [4.69, 9.17) is 0 Å². The third-order valence-corrected chi connectivity index (χ3v) is 4.21. The topological polar surface area (TPSA) is 80.1 Å². The van der Waals surface area contributed by atoms with Crippen LogP contribution in [-0.4, -0.2) is 29.5 Å².